The zero-order valence-electron chi connectivity index (χ0n) is 15.9. The lowest BCUT2D eigenvalue weighted by atomic mass is 10.2. The maximum atomic E-state index is 13.2. The number of hydrogen-bond acceptors (Lipinski definition) is 3. The molecule has 28 heavy (non-hydrogen) atoms. The highest BCUT2D eigenvalue weighted by molar-refractivity contribution is 5.89. The van der Waals surface area contributed by atoms with Gasteiger partial charge in [0.2, 0.25) is 0 Å². The maximum Gasteiger partial charge on any atom is 0.282 e. The van der Waals surface area contributed by atoms with Gasteiger partial charge in [0.15, 0.2) is 5.82 Å². The van der Waals surface area contributed by atoms with E-state index in [2.05, 4.69) is 49.7 Å². The summed E-state index contributed by atoms with van der Waals surface area (Å²) < 4.78 is 5.59. The van der Waals surface area contributed by atoms with Crippen molar-refractivity contribution in [1.29, 1.82) is 0 Å². The fourth-order valence-corrected chi connectivity index (χ4v) is 3.98. The molecule has 4 heterocycles. The molecule has 6 heteroatoms. The van der Waals surface area contributed by atoms with Crippen molar-refractivity contribution >= 4 is 21.7 Å². The van der Waals surface area contributed by atoms with Gasteiger partial charge in [-0.3, -0.25) is 4.79 Å². The van der Waals surface area contributed by atoms with E-state index < -0.39 is 0 Å². The summed E-state index contributed by atoms with van der Waals surface area (Å²) in [7, 11) is 2.04. The highest BCUT2D eigenvalue weighted by atomic mass is 16.1. The number of benzene rings is 1. The second-order valence-corrected chi connectivity index (χ2v) is 7.01. The second kappa shape index (κ2) is 5.92. The van der Waals surface area contributed by atoms with E-state index in [1.165, 1.54) is 10.1 Å². The number of aryl methyl sites for hydroxylation is 3. The standard InChI is InChI=1S/C22H19N5O/c1-14-18-13-24-27(20-6-4-5-10-23-20)22(28)21(18)15(2)26(14)17-8-7-16-9-11-25(3)19(16)12-17/h4-13H,1-3H3. The molecule has 4 aromatic heterocycles. The first-order chi connectivity index (χ1) is 13.6. The zero-order valence-corrected chi connectivity index (χ0v) is 15.9. The Labute approximate surface area is 161 Å². The van der Waals surface area contributed by atoms with E-state index in [0.29, 0.717) is 11.2 Å². The minimum absolute atomic E-state index is 0.157. The zero-order chi connectivity index (χ0) is 19.4. The number of fused-ring (bicyclic) bond motifs is 2. The lowest BCUT2D eigenvalue weighted by Gasteiger charge is -2.10. The first-order valence-corrected chi connectivity index (χ1v) is 9.13. The lowest BCUT2D eigenvalue weighted by Crippen LogP contribution is -2.21. The van der Waals surface area contributed by atoms with Crippen LogP contribution < -0.4 is 5.56 Å². The number of nitrogens with zero attached hydrogens (tertiary/aromatic N) is 5. The van der Waals surface area contributed by atoms with Crippen LogP contribution in [0.1, 0.15) is 11.4 Å². The Balaban J connectivity index is 1.80. The fourth-order valence-electron chi connectivity index (χ4n) is 3.98. The molecular weight excluding hydrogens is 350 g/mol. The van der Waals surface area contributed by atoms with Crippen LogP contribution >= 0.6 is 0 Å². The molecule has 5 rings (SSSR count). The first kappa shape index (κ1) is 16.5. The molecule has 0 saturated heterocycles. The van der Waals surface area contributed by atoms with Gasteiger partial charge in [0.25, 0.3) is 5.56 Å². The topological polar surface area (TPSA) is 57.6 Å². The average molecular weight is 369 g/mol. The Morgan fingerprint density at radius 1 is 1.00 bits per heavy atom. The van der Waals surface area contributed by atoms with Gasteiger partial charge in [0.05, 0.1) is 11.6 Å². The number of rotatable bonds is 2. The summed E-state index contributed by atoms with van der Waals surface area (Å²) in [6.07, 6.45) is 5.47. The molecule has 0 fully saturated rings. The third-order valence-corrected chi connectivity index (χ3v) is 5.40. The Morgan fingerprint density at radius 3 is 2.64 bits per heavy atom. The van der Waals surface area contributed by atoms with Gasteiger partial charge in [-0.25, -0.2) is 4.98 Å². The van der Waals surface area contributed by atoms with Gasteiger partial charge in [-0.15, -0.1) is 0 Å². The third-order valence-electron chi connectivity index (χ3n) is 5.40. The van der Waals surface area contributed by atoms with E-state index >= 15 is 0 Å². The quantitative estimate of drug-likeness (QED) is 0.477. The van der Waals surface area contributed by atoms with Crippen molar-refractivity contribution in [2.75, 3.05) is 0 Å². The van der Waals surface area contributed by atoms with E-state index in [-0.39, 0.29) is 5.56 Å². The molecule has 0 spiro atoms. The van der Waals surface area contributed by atoms with Crippen molar-refractivity contribution in [3.63, 3.8) is 0 Å². The van der Waals surface area contributed by atoms with Gasteiger partial charge in [-0.1, -0.05) is 12.1 Å². The molecule has 0 aliphatic carbocycles. The molecule has 0 amide bonds. The Kier molecular flexibility index (Phi) is 3.49. The van der Waals surface area contributed by atoms with Gasteiger partial charge >= 0.3 is 0 Å². The van der Waals surface area contributed by atoms with Crippen molar-refractivity contribution in [3.8, 4) is 11.5 Å². The maximum absolute atomic E-state index is 13.2. The largest absolute Gasteiger partial charge is 0.350 e. The van der Waals surface area contributed by atoms with Crippen molar-refractivity contribution in [3.05, 3.63) is 82.8 Å². The van der Waals surface area contributed by atoms with E-state index in [1.54, 1.807) is 18.5 Å². The van der Waals surface area contributed by atoms with Crippen molar-refractivity contribution < 1.29 is 0 Å². The number of pyridine rings is 1. The van der Waals surface area contributed by atoms with E-state index in [4.69, 9.17) is 0 Å². The van der Waals surface area contributed by atoms with Crippen LogP contribution in [0, 0.1) is 13.8 Å². The molecule has 0 aliphatic rings. The van der Waals surface area contributed by atoms with E-state index in [0.717, 1.165) is 28.0 Å². The van der Waals surface area contributed by atoms with Crippen molar-refractivity contribution in [2.24, 2.45) is 7.05 Å². The molecule has 0 aliphatic heterocycles. The molecule has 0 N–H and O–H groups in total. The summed E-state index contributed by atoms with van der Waals surface area (Å²) in [6, 6.07) is 13.9. The number of aromatic nitrogens is 5. The van der Waals surface area contributed by atoms with E-state index in [9.17, 15) is 4.79 Å². The minimum Gasteiger partial charge on any atom is -0.350 e. The van der Waals surface area contributed by atoms with Crippen molar-refractivity contribution in [2.45, 2.75) is 13.8 Å². The summed E-state index contributed by atoms with van der Waals surface area (Å²) in [5.41, 5.74) is 3.93. The van der Waals surface area contributed by atoms with Gasteiger partial charge in [-0.05, 0) is 49.6 Å². The summed E-state index contributed by atoms with van der Waals surface area (Å²) >= 11 is 0. The van der Waals surface area contributed by atoms with E-state index in [1.807, 2.05) is 33.0 Å². The molecule has 6 nitrogen and oxygen atoms in total. The van der Waals surface area contributed by atoms with Crippen LogP contribution in [-0.2, 0) is 7.05 Å². The third kappa shape index (κ3) is 2.24. The van der Waals surface area contributed by atoms with Crippen LogP contribution in [0.4, 0.5) is 0 Å². The summed E-state index contributed by atoms with van der Waals surface area (Å²) in [5, 5.41) is 7.09. The van der Waals surface area contributed by atoms with Crippen LogP contribution in [-0.4, -0.2) is 23.9 Å². The Bertz CT molecular complexity index is 1410. The molecule has 0 radical (unpaired) electrons. The van der Waals surface area contributed by atoms with Gasteiger partial charge in [-0.2, -0.15) is 9.78 Å². The van der Waals surface area contributed by atoms with Crippen LogP contribution in [0.2, 0.25) is 0 Å². The monoisotopic (exact) mass is 369 g/mol. The highest BCUT2D eigenvalue weighted by Crippen LogP contribution is 2.28. The second-order valence-electron chi connectivity index (χ2n) is 7.01. The summed E-state index contributed by atoms with van der Waals surface area (Å²) in [5.74, 6) is 0.518. The Hall–Kier alpha value is -3.67. The lowest BCUT2D eigenvalue weighted by molar-refractivity contribution is 0.794. The molecule has 1 aromatic carbocycles. The predicted molar refractivity (Wildman–Crippen MR) is 110 cm³/mol. The SMILES string of the molecule is Cc1c2cnn(-c3ccccn3)c(=O)c2c(C)n1-c1ccc2ccn(C)c2c1. The first-order valence-electron chi connectivity index (χ1n) is 9.13. The highest BCUT2D eigenvalue weighted by Gasteiger charge is 2.18. The van der Waals surface area contributed by atoms with Gasteiger partial charge < -0.3 is 9.13 Å². The number of hydrogen-bond donors (Lipinski definition) is 0. The molecule has 0 bridgehead atoms. The van der Waals surface area contributed by atoms with Crippen LogP contribution in [0.5, 0.6) is 0 Å². The normalized spacial score (nSPS) is 11.5. The van der Waals surface area contributed by atoms with Crippen LogP contribution in [0.15, 0.2) is 65.8 Å². The molecule has 5 aromatic rings. The molecule has 0 unspecified atom stereocenters. The molecular formula is C22H19N5O. The van der Waals surface area contributed by atoms with Crippen molar-refractivity contribution in [1.82, 2.24) is 23.9 Å². The minimum atomic E-state index is -0.157. The molecule has 0 atom stereocenters. The fraction of sp³-hybridized carbons (Fsp3) is 0.136. The smallest absolute Gasteiger partial charge is 0.282 e. The van der Waals surface area contributed by atoms with Crippen LogP contribution in [0.25, 0.3) is 33.2 Å². The predicted octanol–water partition coefficient (Wildman–Crippen LogP) is 3.68. The Morgan fingerprint density at radius 2 is 1.86 bits per heavy atom. The average Bonchev–Trinajstić information content (AvgIpc) is 3.20. The molecule has 0 saturated carbocycles. The van der Waals surface area contributed by atoms with Gasteiger partial charge in [0, 0.05) is 47.4 Å². The van der Waals surface area contributed by atoms with Crippen LogP contribution in [0.3, 0.4) is 0 Å². The summed E-state index contributed by atoms with van der Waals surface area (Å²) in [6.45, 7) is 4.01. The van der Waals surface area contributed by atoms with Gasteiger partial charge in [0.1, 0.15) is 0 Å². The molecule has 138 valence electrons. The summed E-state index contributed by atoms with van der Waals surface area (Å²) in [4.78, 5) is 17.5.